The first-order valence-corrected chi connectivity index (χ1v) is 8.21. The van der Waals surface area contributed by atoms with E-state index in [0.717, 1.165) is 32.1 Å². The van der Waals surface area contributed by atoms with Crippen LogP contribution < -0.4 is 10.6 Å². The van der Waals surface area contributed by atoms with E-state index in [2.05, 4.69) is 10.6 Å². The number of urea groups is 1. The Morgan fingerprint density at radius 1 is 1.17 bits per heavy atom. The molecule has 0 aromatic rings. The third-order valence-corrected chi connectivity index (χ3v) is 5.58. The quantitative estimate of drug-likeness (QED) is 0.663. The average Bonchev–Trinajstić information content (AvgIpc) is 2.44. The fourth-order valence-electron chi connectivity index (χ4n) is 5.07. The van der Waals surface area contributed by atoms with Crippen LogP contribution in [0.15, 0.2) is 0 Å². The van der Waals surface area contributed by atoms with Gasteiger partial charge in [-0.3, -0.25) is 14.9 Å². The second-order valence-electron chi connectivity index (χ2n) is 7.58. The molecule has 0 spiro atoms. The minimum Gasteiger partial charge on any atom is -0.452 e. The van der Waals surface area contributed by atoms with Crippen LogP contribution in [-0.4, -0.2) is 41.8 Å². The number of nitrogens with one attached hydrogen (secondary N) is 2. The Kier molecular flexibility index (Phi) is 3.86. The Morgan fingerprint density at radius 3 is 2.30 bits per heavy atom. The minimum absolute atomic E-state index is 0.365. The fourth-order valence-corrected chi connectivity index (χ4v) is 5.07. The van der Waals surface area contributed by atoms with Crippen molar-refractivity contribution in [2.45, 2.75) is 57.2 Å². The van der Waals surface area contributed by atoms with E-state index in [1.807, 2.05) is 0 Å². The van der Waals surface area contributed by atoms with Crippen molar-refractivity contribution in [2.75, 3.05) is 7.05 Å². The zero-order chi connectivity index (χ0) is 16.8. The summed E-state index contributed by atoms with van der Waals surface area (Å²) in [7, 11) is 1.40. The number of esters is 1. The van der Waals surface area contributed by atoms with E-state index in [4.69, 9.17) is 4.74 Å². The van der Waals surface area contributed by atoms with Gasteiger partial charge in [0.2, 0.25) is 0 Å². The molecule has 0 aromatic heterocycles. The van der Waals surface area contributed by atoms with E-state index in [1.165, 1.54) is 14.0 Å². The number of carbonyl (C=O) groups is 3. The molecule has 2 unspecified atom stereocenters. The lowest BCUT2D eigenvalue weighted by Crippen LogP contribution is -2.59. The number of carbonyl (C=O) groups excluding carboxylic acids is 3. The van der Waals surface area contributed by atoms with Crippen LogP contribution in [0.2, 0.25) is 0 Å². The summed E-state index contributed by atoms with van der Waals surface area (Å²) in [6.45, 7) is 1.45. The van der Waals surface area contributed by atoms with E-state index >= 15 is 0 Å². The van der Waals surface area contributed by atoms with Gasteiger partial charge in [-0.25, -0.2) is 4.79 Å². The van der Waals surface area contributed by atoms with Crippen molar-refractivity contribution in [3.05, 3.63) is 0 Å². The molecule has 4 saturated carbocycles. The molecule has 7 nitrogen and oxygen atoms in total. The first-order chi connectivity index (χ1) is 10.8. The Morgan fingerprint density at radius 2 is 1.78 bits per heavy atom. The standard InChI is InChI=1S/C16H24N2O5/c1-9(12(19)18-14(21)17-2)23-13(20)15-4-10-3-11(5-15)7-16(22,6-10)8-15/h9-11,22H,3-8H2,1-2H3,(H2,17,18,19,21)/t9-,10-,11+,15?,16?/m0/s1. The van der Waals surface area contributed by atoms with Gasteiger partial charge in [0.25, 0.3) is 5.91 Å². The highest BCUT2D eigenvalue weighted by atomic mass is 16.5. The second-order valence-corrected chi connectivity index (χ2v) is 7.58. The number of amides is 3. The van der Waals surface area contributed by atoms with Gasteiger partial charge in [0.1, 0.15) is 0 Å². The summed E-state index contributed by atoms with van der Waals surface area (Å²) in [6.07, 6.45) is 3.46. The van der Waals surface area contributed by atoms with E-state index in [-0.39, 0.29) is 0 Å². The lowest BCUT2D eigenvalue weighted by Gasteiger charge is -2.58. The average molecular weight is 324 g/mol. The molecule has 3 N–H and O–H groups in total. The second kappa shape index (κ2) is 5.47. The molecule has 0 radical (unpaired) electrons. The van der Waals surface area contributed by atoms with Crippen LogP contribution in [0.25, 0.3) is 0 Å². The molecule has 4 bridgehead atoms. The molecule has 4 aliphatic carbocycles. The lowest BCUT2D eigenvalue weighted by molar-refractivity contribution is -0.199. The highest BCUT2D eigenvalue weighted by Crippen LogP contribution is 2.62. The molecular formula is C16H24N2O5. The van der Waals surface area contributed by atoms with Crippen molar-refractivity contribution in [2.24, 2.45) is 17.3 Å². The van der Waals surface area contributed by atoms with Crippen molar-refractivity contribution in [3.8, 4) is 0 Å². The number of hydrogen-bond donors (Lipinski definition) is 3. The summed E-state index contributed by atoms with van der Waals surface area (Å²) in [4.78, 5) is 35.7. The minimum atomic E-state index is -1.04. The Labute approximate surface area is 135 Å². The van der Waals surface area contributed by atoms with Crippen molar-refractivity contribution in [3.63, 3.8) is 0 Å². The summed E-state index contributed by atoms with van der Waals surface area (Å²) in [5.74, 6) is -0.335. The predicted molar refractivity (Wildman–Crippen MR) is 80.2 cm³/mol. The van der Waals surface area contributed by atoms with Gasteiger partial charge < -0.3 is 15.2 Å². The molecule has 0 aromatic carbocycles. The van der Waals surface area contributed by atoms with Gasteiger partial charge in [0, 0.05) is 7.05 Å². The molecule has 4 aliphatic rings. The smallest absolute Gasteiger partial charge is 0.321 e. The number of imide groups is 1. The first kappa shape index (κ1) is 16.2. The molecular weight excluding hydrogens is 300 g/mol. The number of aliphatic hydroxyl groups is 1. The van der Waals surface area contributed by atoms with Crippen LogP contribution in [0.5, 0.6) is 0 Å². The maximum absolute atomic E-state index is 12.7. The largest absolute Gasteiger partial charge is 0.452 e. The van der Waals surface area contributed by atoms with Crippen LogP contribution in [-0.2, 0) is 14.3 Å². The third-order valence-electron chi connectivity index (χ3n) is 5.58. The van der Waals surface area contributed by atoms with E-state index in [0.29, 0.717) is 18.3 Å². The first-order valence-electron chi connectivity index (χ1n) is 8.21. The van der Waals surface area contributed by atoms with Crippen LogP contribution in [0.1, 0.15) is 45.4 Å². The summed E-state index contributed by atoms with van der Waals surface area (Å²) in [6, 6.07) is -0.637. The van der Waals surface area contributed by atoms with Crippen LogP contribution in [0, 0.1) is 17.3 Å². The third kappa shape index (κ3) is 2.94. The molecule has 23 heavy (non-hydrogen) atoms. The van der Waals surface area contributed by atoms with E-state index in [1.54, 1.807) is 0 Å². The fraction of sp³-hybridized carbons (Fsp3) is 0.812. The maximum Gasteiger partial charge on any atom is 0.321 e. The highest BCUT2D eigenvalue weighted by molar-refractivity contribution is 5.97. The SMILES string of the molecule is CNC(=O)NC(=O)[C@H](C)OC(=O)C12C[C@@H]3C[C@@H](CC(O)(C3)C1)C2. The molecule has 5 atom stereocenters. The van der Waals surface area contributed by atoms with Gasteiger partial charge in [-0.05, 0) is 57.3 Å². The Hall–Kier alpha value is -1.63. The predicted octanol–water partition coefficient (Wildman–Crippen LogP) is 0.705. The van der Waals surface area contributed by atoms with Gasteiger partial charge >= 0.3 is 12.0 Å². The molecule has 4 fully saturated rings. The molecule has 0 heterocycles. The molecule has 0 saturated heterocycles. The van der Waals surface area contributed by atoms with Crippen molar-refractivity contribution in [1.82, 2.24) is 10.6 Å². The molecule has 4 rings (SSSR count). The van der Waals surface area contributed by atoms with Gasteiger partial charge in [0.15, 0.2) is 6.10 Å². The molecule has 7 heteroatoms. The number of ether oxygens (including phenoxy) is 1. The van der Waals surface area contributed by atoms with Gasteiger partial charge in [-0.2, -0.15) is 0 Å². The monoisotopic (exact) mass is 324 g/mol. The van der Waals surface area contributed by atoms with Gasteiger partial charge in [0.05, 0.1) is 11.0 Å². The number of hydrogen-bond acceptors (Lipinski definition) is 5. The van der Waals surface area contributed by atoms with Crippen LogP contribution in [0.3, 0.4) is 0 Å². The zero-order valence-electron chi connectivity index (χ0n) is 13.6. The highest BCUT2D eigenvalue weighted by Gasteiger charge is 2.61. The Bertz CT molecular complexity index is 533. The summed E-state index contributed by atoms with van der Waals surface area (Å²) >= 11 is 0. The summed E-state index contributed by atoms with van der Waals surface area (Å²) in [5, 5.41) is 15.0. The molecule has 0 aliphatic heterocycles. The Balaban J connectivity index is 1.66. The topological polar surface area (TPSA) is 105 Å². The maximum atomic E-state index is 12.7. The summed E-state index contributed by atoms with van der Waals surface area (Å²) in [5.41, 5.74) is -1.42. The van der Waals surface area contributed by atoms with Crippen molar-refractivity contribution >= 4 is 17.9 Å². The van der Waals surface area contributed by atoms with Crippen LogP contribution in [0.4, 0.5) is 4.79 Å². The van der Waals surface area contributed by atoms with E-state index in [9.17, 15) is 19.5 Å². The van der Waals surface area contributed by atoms with Gasteiger partial charge in [-0.1, -0.05) is 0 Å². The van der Waals surface area contributed by atoms with E-state index < -0.39 is 35.0 Å². The molecule has 128 valence electrons. The van der Waals surface area contributed by atoms with Crippen LogP contribution >= 0.6 is 0 Å². The zero-order valence-corrected chi connectivity index (χ0v) is 13.6. The number of rotatable bonds is 3. The van der Waals surface area contributed by atoms with Gasteiger partial charge in [-0.15, -0.1) is 0 Å². The molecule has 3 amide bonds. The normalized spacial score (nSPS) is 38.7. The van der Waals surface area contributed by atoms with Crippen molar-refractivity contribution in [1.29, 1.82) is 0 Å². The summed E-state index contributed by atoms with van der Waals surface area (Å²) < 4.78 is 5.35. The van der Waals surface area contributed by atoms with Crippen molar-refractivity contribution < 1.29 is 24.2 Å². The lowest BCUT2D eigenvalue weighted by atomic mass is 9.48.